The Morgan fingerprint density at radius 1 is 1.32 bits per heavy atom. The molecule has 1 saturated heterocycles. The minimum atomic E-state index is 0.199. The summed E-state index contributed by atoms with van der Waals surface area (Å²) in [6.45, 7) is 5.47. The van der Waals surface area contributed by atoms with Crippen LogP contribution in [0.25, 0.3) is 26.0 Å². The third kappa shape index (κ3) is 3.22. The summed E-state index contributed by atoms with van der Waals surface area (Å²) in [6.07, 6.45) is 2.95. The fraction of sp³-hybridized carbons (Fsp3) is 0.348. The Hall–Kier alpha value is -3.13. The van der Waals surface area contributed by atoms with Crippen molar-refractivity contribution in [3.8, 4) is 16.2 Å². The molecule has 1 aromatic carbocycles. The smallest absolute Gasteiger partial charge is 0.222 e. The van der Waals surface area contributed by atoms with E-state index in [9.17, 15) is 4.79 Å². The zero-order chi connectivity index (χ0) is 21.7. The van der Waals surface area contributed by atoms with Crippen molar-refractivity contribution in [1.29, 1.82) is 0 Å². The minimum Gasteiger partial charge on any atom is -0.495 e. The first-order chi connectivity index (χ1) is 15.0. The molecule has 0 spiro atoms. The highest BCUT2D eigenvalue weighted by molar-refractivity contribution is 7.22. The number of ether oxygens (including phenoxy) is 1. The van der Waals surface area contributed by atoms with Gasteiger partial charge in [-0.3, -0.25) is 4.79 Å². The van der Waals surface area contributed by atoms with E-state index < -0.39 is 0 Å². The van der Waals surface area contributed by atoms with Crippen molar-refractivity contribution in [2.45, 2.75) is 32.6 Å². The number of carbonyl (C=O) groups excluding carboxylic acids is 1. The molecule has 3 aromatic heterocycles. The third-order valence-corrected chi connectivity index (χ3v) is 7.28. The van der Waals surface area contributed by atoms with Gasteiger partial charge in [0.25, 0.3) is 0 Å². The molecule has 0 unspecified atom stereocenters. The molecule has 0 aliphatic carbocycles. The summed E-state index contributed by atoms with van der Waals surface area (Å²) in [5.74, 6) is 1.75. The van der Waals surface area contributed by atoms with Crippen molar-refractivity contribution in [3.63, 3.8) is 0 Å². The quantitative estimate of drug-likeness (QED) is 0.518. The van der Waals surface area contributed by atoms with Gasteiger partial charge in [-0.15, -0.1) is 11.3 Å². The molecule has 8 heteroatoms. The number of methoxy groups -OCH3 is 1. The van der Waals surface area contributed by atoms with Crippen molar-refractivity contribution >= 4 is 38.7 Å². The highest BCUT2D eigenvalue weighted by Crippen LogP contribution is 2.43. The van der Waals surface area contributed by atoms with Gasteiger partial charge in [0.2, 0.25) is 5.91 Å². The second kappa shape index (κ2) is 7.53. The lowest BCUT2D eigenvalue weighted by atomic mass is 10.0. The molecule has 2 N–H and O–H groups in total. The van der Waals surface area contributed by atoms with Gasteiger partial charge in [-0.2, -0.15) is 5.10 Å². The van der Waals surface area contributed by atoms with Crippen LogP contribution in [-0.2, 0) is 4.79 Å². The number of hydrogen-bond donors (Lipinski definition) is 1. The first-order valence-corrected chi connectivity index (χ1v) is 11.3. The maximum Gasteiger partial charge on any atom is 0.222 e. The molecule has 160 valence electrons. The predicted octanol–water partition coefficient (Wildman–Crippen LogP) is 4.24. The Labute approximate surface area is 184 Å². The number of anilines is 1. The highest BCUT2D eigenvalue weighted by Gasteiger charge is 2.30. The summed E-state index contributed by atoms with van der Waals surface area (Å²) >= 11 is 1.68. The number of aryl methyl sites for hydroxylation is 1. The Morgan fingerprint density at radius 3 is 2.94 bits per heavy atom. The molecule has 1 aliphatic rings. The standard InChI is InChI=1S/C23H25N5O2S/c1-4-20(29)27-6-5-14(11-27)17-10-16(21-23(24)25-12-26-28(17)21)19-9-15-7-13(2)8-18(30-3)22(15)31-19/h7-10,12,14H,4-6,11H2,1-3H3,(H2,24,25,26)/t14-/m0/s1. The van der Waals surface area contributed by atoms with Crippen molar-refractivity contribution in [1.82, 2.24) is 19.5 Å². The summed E-state index contributed by atoms with van der Waals surface area (Å²) < 4.78 is 8.64. The molecule has 0 saturated carbocycles. The number of rotatable bonds is 4. The van der Waals surface area contributed by atoms with Crippen molar-refractivity contribution in [2.75, 3.05) is 25.9 Å². The number of fused-ring (bicyclic) bond motifs is 2. The van der Waals surface area contributed by atoms with E-state index in [0.29, 0.717) is 18.8 Å². The van der Waals surface area contributed by atoms with E-state index in [0.717, 1.165) is 56.0 Å². The Morgan fingerprint density at radius 2 is 2.16 bits per heavy atom. The van der Waals surface area contributed by atoms with E-state index in [2.05, 4.69) is 41.3 Å². The lowest BCUT2D eigenvalue weighted by Crippen LogP contribution is -2.27. The van der Waals surface area contributed by atoms with Crippen molar-refractivity contribution in [2.24, 2.45) is 0 Å². The Bertz CT molecular complexity index is 1310. The number of benzene rings is 1. The number of nitrogens with two attached hydrogens (primary N) is 1. The van der Waals surface area contributed by atoms with Crippen LogP contribution in [0.1, 0.15) is 36.9 Å². The molecule has 7 nitrogen and oxygen atoms in total. The fourth-order valence-electron chi connectivity index (χ4n) is 4.57. The fourth-order valence-corrected chi connectivity index (χ4v) is 5.72. The van der Waals surface area contributed by atoms with Crippen LogP contribution in [0.5, 0.6) is 5.75 Å². The average Bonchev–Trinajstić information content (AvgIpc) is 3.48. The minimum absolute atomic E-state index is 0.199. The molecular weight excluding hydrogens is 410 g/mol. The molecule has 1 aliphatic heterocycles. The number of likely N-dealkylation sites (tertiary alicyclic amines) is 1. The molecule has 4 heterocycles. The number of aromatic nitrogens is 3. The summed E-state index contributed by atoms with van der Waals surface area (Å²) in [4.78, 5) is 19.5. The number of carbonyl (C=O) groups is 1. The zero-order valence-corrected chi connectivity index (χ0v) is 18.7. The van der Waals surface area contributed by atoms with Gasteiger partial charge in [-0.25, -0.2) is 9.50 Å². The van der Waals surface area contributed by atoms with Crippen LogP contribution in [0.15, 0.2) is 30.6 Å². The summed E-state index contributed by atoms with van der Waals surface area (Å²) in [6, 6.07) is 8.58. The first kappa shape index (κ1) is 19.8. The second-order valence-corrected chi connectivity index (χ2v) is 9.12. The lowest BCUT2D eigenvalue weighted by molar-refractivity contribution is -0.129. The summed E-state index contributed by atoms with van der Waals surface area (Å²) in [5, 5.41) is 5.67. The largest absolute Gasteiger partial charge is 0.495 e. The van der Waals surface area contributed by atoms with Crippen molar-refractivity contribution < 1.29 is 9.53 Å². The van der Waals surface area contributed by atoms with Gasteiger partial charge in [-0.05, 0) is 42.5 Å². The maximum absolute atomic E-state index is 12.2. The van der Waals surface area contributed by atoms with Gasteiger partial charge in [0.15, 0.2) is 5.82 Å². The SMILES string of the molecule is CCC(=O)N1CC[C@H](c2cc(-c3cc4cc(C)cc(OC)c4s3)c3c(N)ncnn23)C1. The first-order valence-electron chi connectivity index (χ1n) is 10.5. The number of amides is 1. The van der Waals surface area contributed by atoms with Crippen LogP contribution >= 0.6 is 11.3 Å². The van der Waals surface area contributed by atoms with Gasteiger partial charge < -0.3 is 15.4 Å². The van der Waals surface area contributed by atoms with Crippen LogP contribution in [0.3, 0.4) is 0 Å². The summed E-state index contributed by atoms with van der Waals surface area (Å²) in [5.41, 5.74) is 10.4. The number of hydrogen-bond acceptors (Lipinski definition) is 6. The number of nitrogen functional groups attached to an aromatic ring is 1. The second-order valence-electron chi connectivity index (χ2n) is 8.06. The molecule has 1 fully saturated rings. The van der Waals surface area contributed by atoms with Crippen LogP contribution in [-0.4, -0.2) is 45.6 Å². The molecule has 31 heavy (non-hydrogen) atoms. The molecule has 0 radical (unpaired) electrons. The van der Waals surface area contributed by atoms with E-state index in [1.165, 1.54) is 6.33 Å². The zero-order valence-electron chi connectivity index (χ0n) is 17.9. The third-order valence-electron chi connectivity index (χ3n) is 6.08. The van der Waals surface area contributed by atoms with E-state index >= 15 is 0 Å². The Balaban J connectivity index is 1.65. The summed E-state index contributed by atoms with van der Waals surface area (Å²) in [7, 11) is 1.70. The number of nitrogens with zero attached hydrogens (tertiary/aromatic N) is 4. The van der Waals surface area contributed by atoms with E-state index in [1.54, 1.807) is 18.4 Å². The molecule has 5 rings (SSSR count). The van der Waals surface area contributed by atoms with Gasteiger partial charge in [0.1, 0.15) is 17.6 Å². The molecule has 4 aromatic rings. The van der Waals surface area contributed by atoms with E-state index in [-0.39, 0.29) is 11.8 Å². The van der Waals surface area contributed by atoms with Crippen LogP contribution in [0.4, 0.5) is 5.82 Å². The monoisotopic (exact) mass is 435 g/mol. The van der Waals surface area contributed by atoms with Gasteiger partial charge in [-0.1, -0.05) is 13.0 Å². The Kier molecular flexibility index (Phi) is 4.81. The van der Waals surface area contributed by atoms with Crippen LogP contribution < -0.4 is 10.5 Å². The van der Waals surface area contributed by atoms with Gasteiger partial charge in [0.05, 0.1) is 11.8 Å². The molecule has 0 bridgehead atoms. The van der Waals surface area contributed by atoms with E-state index in [1.807, 2.05) is 16.3 Å². The van der Waals surface area contributed by atoms with Gasteiger partial charge >= 0.3 is 0 Å². The topological polar surface area (TPSA) is 85.8 Å². The predicted molar refractivity (Wildman–Crippen MR) is 124 cm³/mol. The molecular formula is C23H25N5O2S. The molecule has 1 atom stereocenters. The van der Waals surface area contributed by atoms with Crippen LogP contribution in [0.2, 0.25) is 0 Å². The van der Waals surface area contributed by atoms with Crippen molar-refractivity contribution in [3.05, 3.63) is 41.9 Å². The number of thiophene rings is 1. The van der Waals surface area contributed by atoms with Crippen LogP contribution in [0, 0.1) is 6.92 Å². The maximum atomic E-state index is 12.2. The highest BCUT2D eigenvalue weighted by atomic mass is 32.1. The lowest BCUT2D eigenvalue weighted by Gasteiger charge is -2.15. The average molecular weight is 436 g/mol. The normalized spacial score (nSPS) is 16.5. The molecule has 1 amide bonds. The van der Waals surface area contributed by atoms with E-state index in [4.69, 9.17) is 10.5 Å². The van der Waals surface area contributed by atoms with Gasteiger partial charge in [0, 0.05) is 41.6 Å².